The van der Waals surface area contributed by atoms with Crippen LogP contribution in [0, 0.1) is 0 Å². The number of hydrogen-bond acceptors (Lipinski definition) is 4. The van der Waals surface area contributed by atoms with Gasteiger partial charge in [-0.25, -0.2) is 4.98 Å². The Morgan fingerprint density at radius 1 is 1.40 bits per heavy atom. The summed E-state index contributed by atoms with van der Waals surface area (Å²) in [5.74, 6) is -1.09. The lowest BCUT2D eigenvalue weighted by atomic mass is 10.3. The van der Waals surface area contributed by atoms with Crippen LogP contribution in [-0.4, -0.2) is 13.4 Å². The van der Waals surface area contributed by atoms with Crippen molar-refractivity contribution in [3.8, 4) is 5.88 Å². The summed E-state index contributed by atoms with van der Waals surface area (Å²) in [6.45, 7) is 0. The second-order valence-electron chi connectivity index (χ2n) is 2.43. The molecule has 2 N–H and O–H groups in total. The molecule has 0 aliphatic carbocycles. The first-order valence-electron chi connectivity index (χ1n) is 3.44. The Morgan fingerprint density at radius 2 is 2.00 bits per heavy atom. The summed E-state index contributed by atoms with van der Waals surface area (Å²) in [4.78, 5) is 3.13. The van der Waals surface area contributed by atoms with Crippen LogP contribution in [0.15, 0.2) is 18.3 Å². The average Bonchev–Trinajstić information content (AvgIpc) is 1.99. The van der Waals surface area contributed by atoms with Crippen LogP contribution < -0.4 is 9.32 Å². The fourth-order valence-corrected chi connectivity index (χ4v) is 1.14. The zero-order valence-electron chi connectivity index (χ0n) is 7.02. The van der Waals surface area contributed by atoms with Gasteiger partial charge in [0.15, 0.2) is 0 Å². The lowest BCUT2D eigenvalue weighted by Gasteiger charge is -2.09. The van der Waals surface area contributed by atoms with Crippen LogP contribution in [0.1, 0.15) is 5.56 Å². The lowest BCUT2D eigenvalue weighted by molar-refractivity contribution is -0.138. The van der Waals surface area contributed by atoms with Gasteiger partial charge in [0.05, 0.1) is 0 Å². The summed E-state index contributed by atoms with van der Waals surface area (Å²) in [5, 5.41) is 4.42. The molecule has 1 aromatic rings. The van der Waals surface area contributed by atoms with Crippen molar-refractivity contribution in [1.82, 2.24) is 4.98 Å². The molecule has 0 aliphatic rings. The molecule has 15 heavy (non-hydrogen) atoms. The highest BCUT2D eigenvalue weighted by Crippen LogP contribution is 2.34. The normalized spacial score (nSPS) is 12.5. The van der Waals surface area contributed by atoms with Gasteiger partial charge >= 0.3 is 16.5 Å². The number of halogens is 3. The van der Waals surface area contributed by atoms with Gasteiger partial charge in [0.25, 0.3) is 0 Å². The van der Waals surface area contributed by atoms with Gasteiger partial charge in [-0.1, -0.05) is 0 Å². The summed E-state index contributed by atoms with van der Waals surface area (Å²) < 4.78 is 61.5. The van der Waals surface area contributed by atoms with Crippen LogP contribution in [0.25, 0.3) is 0 Å². The Kier molecular flexibility index (Phi) is 2.86. The molecule has 5 nitrogen and oxygen atoms in total. The molecule has 0 spiro atoms. The first-order valence-corrected chi connectivity index (χ1v) is 4.92. The number of nitrogens with two attached hydrogens (primary N) is 1. The molecule has 9 heteroatoms. The molecule has 0 radical (unpaired) electrons. The summed E-state index contributed by atoms with van der Waals surface area (Å²) in [6, 6.07) is 1.63. The molecular formula is C6H5F3N2O3S. The Hall–Kier alpha value is -1.35. The minimum atomic E-state index is -4.76. The predicted octanol–water partition coefficient (Wildman–Crippen LogP) is 0.683. The minimum Gasteiger partial charge on any atom is -0.350 e. The Balaban J connectivity index is 3.19. The number of alkyl halides is 3. The summed E-state index contributed by atoms with van der Waals surface area (Å²) in [7, 11) is -4.52. The lowest BCUT2D eigenvalue weighted by Crippen LogP contribution is -2.21. The van der Waals surface area contributed by atoms with Crippen LogP contribution in [-0.2, 0) is 16.5 Å². The maximum absolute atomic E-state index is 12.3. The highest BCUT2D eigenvalue weighted by molar-refractivity contribution is 7.84. The third-order valence-corrected chi connectivity index (χ3v) is 1.66. The van der Waals surface area contributed by atoms with E-state index in [1.54, 1.807) is 0 Å². The number of pyridine rings is 1. The van der Waals surface area contributed by atoms with Gasteiger partial charge in [-0.3, -0.25) is 0 Å². The van der Waals surface area contributed by atoms with Crippen molar-refractivity contribution in [2.75, 3.05) is 0 Å². The van der Waals surface area contributed by atoms with Crippen LogP contribution in [0.5, 0.6) is 5.88 Å². The standard InChI is InChI=1S/C6H5F3N2O3S/c7-6(8,9)4-2-1-3-11-5(4)14-15(10,12)13/h1-3H,(H2,10,12,13). The van der Waals surface area contributed by atoms with Crippen molar-refractivity contribution in [1.29, 1.82) is 0 Å². The quantitative estimate of drug-likeness (QED) is 0.826. The van der Waals surface area contributed by atoms with Gasteiger partial charge in [-0.05, 0) is 12.1 Å². The molecule has 1 heterocycles. The largest absolute Gasteiger partial charge is 0.421 e. The second kappa shape index (κ2) is 3.66. The smallest absolute Gasteiger partial charge is 0.350 e. The maximum Gasteiger partial charge on any atom is 0.421 e. The number of rotatable bonds is 2. The van der Waals surface area contributed by atoms with Gasteiger partial charge in [0, 0.05) is 6.20 Å². The summed E-state index contributed by atoms with van der Waals surface area (Å²) >= 11 is 0. The average molecular weight is 242 g/mol. The van der Waals surface area contributed by atoms with Crippen molar-refractivity contribution in [3.63, 3.8) is 0 Å². The summed E-state index contributed by atoms with van der Waals surface area (Å²) in [5.41, 5.74) is -1.31. The molecule has 1 rings (SSSR count). The van der Waals surface area contributed by atoms with E-state index >= 15 is 0 Å². The summed E-state index contributed by atoms with van der Waals surface area (Å²) in [6.07, 6.45) is -3.80. The molecule has 84 valence electrons. The molecule has 0 saturated carbocycles. The third kappa shape index (κ3) is 3.36. The van der Waals surface area contributed by atoms with Crippen molar-refractivity contribution in [2.24, 2.45) is 5.14 Å². The van der Waals surface area contributed by atoms with Crippen LogP contribution in [0.4, 0.5) is 13.2 Å². The van der Waals surface area contributed by atoms with E-state index in [-0.39, 0.29) is 0 Å². The first-order chi connectivity index (χ1) is 6.70. The molecule has 0 bridgehead atoms. The molecule has 0 unspecified atom stereocenters. The van der Waals surface area contributed by atoms with Gasteiger partial charge in [0.1, 0.15) is 5.56 Å². The van der Waals surface area contributed by atoms with Crippen molar-refractivity contribution >= 4 is 10.3 Å². The molecule has 0 amide bonds. The molecule has 0 aromatic carbocycles. The topological polar surface area (TPSA) is 82.3 Å². The van der Waals surface area contributed by atoms with E-state index in [9.17, 15) is 21.6 Å². The van der Waals surface area contributed by atoms with Crippen molar-refractivity contribution < 1.29 is 25.8 Å². The van der Waals surface area contributed by atoms with Crippen LogP contribution >= 0.6 is 0 Å². The zero-order chi connectivity index (χ0) is 11.7. The van der Waals surface area contributed by atoms with Gasteiger partial charge < -0.3 is 4.18 Å². The highest BCUT2D eigenvalue weighted by atomic mass is 32.2. The van der Waals surface area contributed by atoms with E-state index < -0.39 is 27.9 Å². The highest BCUT2D eigenvalue weighted by Gasteiger charge is 2.36. The number of nitrogens with zero attached hydrogens (tertiary/aromatic N) is 1. The number of aromatic nitrogens is 1. The Labute approximate surface area is 82.9 Å². The van der Waals surface area contributed by atoms with Crippen molar-refractivity contribution in [2.45, 2.75) is 6.18 Å². The molecule has 0 aliphatic heterocycles. The van der Waals surface area contributed by atoms with Crippen molar-refractivity contribution in [3.05, 3.63) is 23.9 Å². The molecule has 0 fully saturated rings. The minimum absolute atomic E-state index is 0.632. The van der Waals surface area contributed by atoms with Gasteiger partial charge in [-0.2, -0.15) is 26.7 Å². The molecule has 1 aromatic heterocycles. The fraction of sp³-hybridized carbons (Fsp3) is 0.167. The van der Waals surface area contributed by atoms with Crippen LogP contribution in [0.3, 0.4) is 0 Å². The molecule has 0 atom stereocenters. The third-order valence-electron chi connectivity index (χ3n) is 1.27. The van der Waals surface area contributed by atoms with Gasteiger partial charge in [-0.15, -0.1) is 0 Å². The predicted molar refractivity (Wildman–Crippen MR) is 43.0 cm³/mol. The molecular weight excluding hydrogens is 237 g/mol. The molecule has 0 saturated heterocycles. The number of hydrogen-bond donors (Lipinski definition) is 1. The van der Waals surface area contributed by atoms with Crippen LogP contribution in [0.2, 0.25) is 0 Å². The SMILES string of the molecule is NS(=O)(=O)Oc1ncccc1C(F)(F)F. The second-order valence-corrected chi connectivity index (χ2v) is 3.58. The van der Waals surface area contributed by atoms with E-state index in [1.807, 2.05) is 0 Å². The van der Waals surface area contributed by atoms with E-state index in [0.717, 1.165) is 12.3 Å². The monoisotopic (exact) mass is 242 g/mol. The van der Waals surface area contributed by atoms with E-state index in [1.165, 1.54) is 0 Å². The van der Waals surface area contributed by atoms with E-state index in [2.05, 4.69) is 14.3 Å². The first kappa shape index (κ1) is 11.7. The maximum atomic E-state index is 12.3. The Morgan fingerprint density at radius 3 is 2.47 bits per heavy atom. The van der Waals surface area contributed by atoms with E-state index in [0.29, 0.717) is 6.07 Å². The zero-order valence-corrected chi connectivity index (χ0v) is 7.84. The fourth-order valence-electron chi connectivity index (χ4n) is 0.783. The van der Waals surface area contributed by atoms with Gasteiger partial charge in [0.2, 0.25) is 5.88 Å². The Bertz CT molecular complexity index is 457. The van der Waals surface area contributed by atoms with E-state index in [4.69, 9.17) is 0 Å².